The molecule has 0 spiro atoms. The molecule has 0 N–H and O–H groups in total. The zero-order chi connectivity index (χ0) is 11.2. The van der Waals surface area contributed by atoms with Crippen molar-refractivity contribution < 1.29 is 0 Å². The van der Waals surface area contributed by atoms with Crippen molar-refractivity contribution in [1.82, 2.24) is 0 Å². The molecule has 0 aromatic rings. The van der Waals surface area contributed by atoms with Crippen LogP contribution in [-0.2, 0) is 0 Å². The molecule has 0 saturated heterocycles. The fraction of sp³-hybridized carbons (Fsp3) is 1.00. The van der Waals surface area contributed by atoms with Gasteiger partial charge in [-0.05, 0) is 0 Å². The molecule has 0 aliphatic carbocycles. The van der Waals surface area contributed by atoms with Gasteiger partial charge in [-0.1, -0.05) is 13.3 Å². The molecule has 15 heavy (non-hydrogen) atoms. The Morgan fingerprint density at radius 3 is 1.20 bits per heavy atom. The van der Waals surface area contributed by atoms with Gasteiger partial charge in [-0.3, -0.25) is 0 Å². The van der Waals surface area contributed by atoms with E-state index in [9.17, 15) is 0 Å². The molecule has 0 saturated carbocycles. The van der Waals surface area contributed by atoms with Crippen LogP contribution in [0.4, 0.5) is 0 Å². The molecular formula is C14H29Ge. The molecule has 0 aliphatic heterocycles. The maximum absolute atomic E-state index is 2.29. The van der Waals surface area contributed by atoms with Crippen molar-refractivity contribution in [2.75, 3.05) is 0 Å². The summed E-state index contributed by atoms with van der Waals surface area (Å²) in [6.07, 6.45) is 17.6. The Bertz CT molecular complexity index is 89.5. The molecule has 0 bridgehead atoms. The summed E-state index contributed by atoms with van der Waals surface area (Å²) in [5, 5.41) is 1.37. The van der Waals surface area contributed by atoms with E-state index in [1.165, 1.54) is 82.3 Å². The van der Waals surface area contributed by atoms with E-state index in [1.54, 1.807) is 0 Å². The van der Waals surface area contributed by atoms with E-state index in [2.05, 4.69) is 23.4 Å². The standard InChI is InChI=1S/C14H29Ge/c1-2-3-4-5-6-7-8-9-10-11-12-13-14-15/h2-14H2,1H3. The molecule has 3 radical (unpaired) electrons. The molecule has 1 heteroatoms. The molecule has 0 nitrogen and oxygen atoms in total. The quantitative estimate of drug-likeness (QED) is 0.334. The second kappa shape index (κ2) is 14.5. The molecule has 0 fully saturated rings. The van der Waals surface area contributed by atoms with Crippen molar-refractivity contribution in [2.24, 2.45) is 0 Å². The first-order valence-corrected chi connectivity index (χ1v) is 8.54. The summed E-state index contributed by atoms with van der Waals surface area (Å²) < 4.78 is 0. The van der Waals surface area contributed by atoms with Crippen LogP contribution in [0.2, 0.25) is 5.25 Å². The van der Waals surface area contributed by atoms with Crippen LogP contribution in [0.5, 0.6) is 0 Å². The second-order valence-electron chi connectivity index (χ2n) is 4.64. The summed E-state index contributed by atoms with van der Waals surface area (Å²) in [5.74, 6) is 0. The van der Waals surface area contributed by atoms with Crippen LogP contribution in [0.15, 0.2) is 0 Å². The number of hydrogen-bond acceptors (Lipinski definition) is 0. The van der Waals surface area contributed by atoms with Gasteiger partial charge in [0.05, 0.1) is 0 Å². The van der Waals surface area contributed by atoms with Crippen molar-refractivity contribution in [1.29, 1.82) is 0 Å². The molecule has 0 atom stereocenters. The Balaban J connectivity index is 2.81. The van der Waals surface area contributed by atoms with Gasteiger partial charge in [-0.2, -0.15) is 0 Å². The third-order valence-corrected chi connectivity index (χ3v) is 3.77. The van der Waals surface area contributed by atoms with Gasteiger partial charge < -0.3 is 0 Å². The van der Waals surface area contributed by atoms with Crippen LogP contribution in [0.1, 0.15) is 84.0 Å². The SMILES string of the molecule is CCCCCCCCCCCCC[CH2][Ge]. The number of rotatable bonds is 12. The molecule has 0 aromatic carbocycles. The molecule has 0 heterocycles. The third kappa shape index (κ3) is 14.5. The zero-order valence-electron chi connectivity index (χ0n) is 10.7. The molecule has 0 unspecified atom stereocenters. The minimum absolute atomic E-state index is 1.37. The van der Waals surface area contributed by atoms with Crippen molar-refractivity contribution in [2.45, 2.75) is 89.2 Å². The normalized spacial score (nSPS) is 10.8. The summed E-state index contributed by atoms with van der Waals surface area (Å²) >= 11 is 2.29. The van der Waals surface area contributed by atoms with Gasteiger partial charge in [0, 0.05) is 0 Å². The van der Waals surface area contributed by atoms with Gasteiger partial charge in [0.25, 0.3) is 0 Å². The predicted octanol–water partition coefficient (Wildman–Crippen LogP) is 5.27. The average molecular weight is 270 g/mol. The Morgan fingerprint density at radius 2 is 0.867 bits per heavy atom. The molecular weight excluding hydrogens is 241 g/mol. The summed E-state index contributed by atoms with van der Waals surface area (Å²) in [5.41, 5.74) is 0. The third-order valence-electron chi connectivity index (χ3n) is 3.03. The fourth-order valence-corrected chi connectivity index (χ4v) is 2.49. The fourth-order valence-electron chi connectivity index (χ4n) is 1.97. The maximum atomic E-state index is 2.29. The van der Waals surface area contributed by atoms with Gasteiger partial charge in [0.15, 0.2) is 0 Å². The monoisotopic (exact) mass is 271 g/mol. The summed E-state index contributed by atoms with van der Waals surface area (Å²) in [4.78, 5) is 0. The van der Waals surface area contributed by atoms with E-state index in [0.29, 0.717) is 0 Å². The van der Waals surface area contributed by atoms with E-state index >= 15 is 0 Å². The summed E-state index contributed by atoms with van der Waals surface area (Å²) in [6.45, 7) is 2.29. The van der Waals surface area contributed by atoms with Crippen LogP contribution < -0.4 is 0 Å². The van der Waals surface area contributed by atoms with Crippen LogP contribution in [-0.4, -0.2) is 16.5 Å². The van der Waals surface area contributed by atoms with Gasteiger partial charge in [0.2, 0.25) is 0 Å². The van der Waals surface area contributed by atoms with Crippen molar-refractivity contribution in [3.63, 3.8) is 0 Å². The van der Waals surface area contributed by atoms with Gasteiger partial charge in [-0.15, -0.1) is 0 Å². The van der Waals surface area contributed by atoms with Crippen molar-refractivity contribution in [3.8, 4) is 0 Å². The van der Waals surface area contributed by atoms with Gasteiger partial charge >= 0.3 is 92.4 Å². The van der Waals surface area contributed by atoms with Crippen LogP contribution in [0.3, 0.4) is 0 Å². The molecule has 89 valence electrons. The Kier molecular flexibility index (Phi) is 15.1. The van der Waals surface area contributed by atoms with Crippen LogP contribution in [0.25, 0.3) is 0 Å². The second-order valence-corrected chi connectivity index (χ2v) is 5.69. The zero-order valence-corrected chi connectivity index (χ0v) is 12.8. The summed E-state index contributed by atoms with van der Waals surface area (Å²) in [6, 6.07) is 0. The Hall–Kier alpha value is 0.543. The van der Waals surface area contributed by atoms with Gasteiger partial charge in [-0.25, -0.2) is 0 Å². The first-order chi connectivity index (χ1) is 7.41. The average Bonchev–Trinajstić information content (AvgIpc) is 2.26. The van der Waals surface area contributed by atoms with E-state index in [1.807, 2.05) is 0 Å². The van der Waals surface area contributed by atoms with Crippen LogP contribution in [0, 0.1) is 0 Å². The van der Waals surface area contributed by atoms with E-state index in [4.69, 9.17) is 0 Å². The first kappa shape index (κ1) is 15.5. The Labute approximate surface area is 106 Å². The summed E-state index contributed by atoms with van der Waals surface area (Å²) in [7, 11) is 0. The van der Waals surface area contributed by atoms with Crippen LogP contribution >= 0.6 is 0 Å². The predicted molar refractivity (Wildman–Crippen MR) is 71.6 cm³/mol. The Morgan fingerprint density at radius 1 is 0.533 bits per heavy atom. The van der Waals surface area contributed by atoms with Crippen molar-refractivity contribution >= 4 is 16.5 Å². The van der Waals surface area contributed by atoms with Gasteiger partial charge in [0.1, 0.15) is 0 Å². The minimum atomic E-state index is 1.37. The van der Waals surface area contributed by atoms with E-state index in [-0.39, 0.29) is 0 Å². The molecule has 0 amide bonds. The molecule has 0 aliphatic rings. The van der Waals surface area contributed by atoms with Crippen molar-refractivity contribution in [3.05, 3.63) is 0 Å². The number of hydrogen-bond donors (Lipinski definition) is 0. The topological polar surface area (TPSA) is 0 Å². The van der Waals surface area contributed by atoms with E-state index in [0.717, 1.165) is 0 Å². The molecule has 0 rings (SSSR count). The number of unbranched alkanes of at least 4 members (excludes halogenated alkanes) is 11. The molecule has 0 aromatic heterocycles. The van der Waals surface area contributed by atoms with E-state index < -0.39 is 0 Å². The first-order valence-electron chi connectivity index (χ1n) is 7.06.